The van der Waals surface area contributed by atoms with E-state index >= 15 is 0 Å². The Kier molecular flexibility index (Phi) is 5.74. The fourth-order valence-corrected chi connectivity index (χ4v) is 2.80. The summed E-state index contributed by atoms with van der Waals surface area (Å²) >= 11 is 0. The second-order valence-electron chi connectivity index (χ2n) is 5.84. The van der Waals surface area contributed by atoms with Crippen LogP contribution in [0.5, 0.6) is 0 Å². The van der Waals surface area contributed by atoms with Gasteiger partial charge < -0.3 is 20.5 Å². The van der Waals surface area contributed by atoms with Crippen molar-refractivity contribution in [2.24, 2.45) is 0 Å². The predicted octanol–water partition coefficient (Wildman–Crippen LogP) is 2.07. The number of carbonyl (C=O) groups excluding carboxylic acids is 1. The van der Waals surface area contributed by atoms with Crippen LogP contribution < -0.4 is 10.6 Å². The molecule has 122 valence electrons. The molecule has 3 N–H and O–H groups in total. The number of aliphatic hydroxyl groups is 1. The van der Waals surface area contributed by atoms with Gasteiger partial charge >= 0.3 is 6.03 Å². The lowest BCUT2D eigenvalue weighted by molar-refractivity contribution is -0.0402. The third-order valence-corrected chi connectivity index (χ3v) is 3.77. The van der Waals surface area contributed by atoms with Crippen molar-refractivity contribution in [1.82, 2.24) is 10.6 Å². The van der Waals surface area contributed by atoms with Gasteiger partial charge in [-0.15, -0.1) is 0 Å². The molecule has 1 saturated heterocycles. The first-order valence-electron chi connectivity index (χ1n) is 7.56. The zero-order valence-electron chi connectivity index (χ0n) is 12.9. The van der Waals surface area contributed by atoms with Gasteiger partial charge in [-0.25, -0.2) is 9.18 Å². The Morgan fingerprint density at radius 1 is 1.36 bits per heavy atom. The maximum absolute atomic E-state index is 13.3. The van der Waals surface area contributed by atoms with E-state index in [1.54, 1.807) is 12.1 Å². The molecule has 0 bridgehead atoms. The Labute approximate surface area is 129 Å². The minimum Gasteiger partial charge on any atom is -0.392 e. The molecule has 6 heteroatoms. The molecule has 2 rings (SSSR count). The van der Waals surface area contributed by atoms with E-state index in [0.29, 0.717) is 0 Å². The molecule has 2 atom stereocenters. The molecule has 0 aromatic heterocycles. The first-order chi connectivity index (χ1) is 10.5. The Morgan fingerprint density at radius 2 is 2.05 bits per heavy atom. The smallest absolute Gasteiger partial charge is 0.315 e. The maximum atomic E-state index is 13.3. The Balaban J connectivity index is 1.82. The number of amides is 2. The maximum Gasteiger partial charge on any atom is 0.315 e. The van der Waals surface area contributed by atoms with Gasteiger partial charge in [0.05, 0.1) is 18.8 Å². The van der Waals surface area contributed by atoms with Crippen LogP contribution in [0, 0.1) is 5.82 Å². The predicted molar refractivity (Wildman–Crippen MR) is 80.7 cm³/mol. The summed E-state index contributed by atoms with van der Waals surface area (Å²) in [4.78, 5) is 11.9. The molecule has 2 amide bonds. The fraction of sp³-hybridized carbons (Fsp3) is 0.562. The van der Waals surface area contributed by atoms with Crippen LogP contribution >= 0.6 is 0 Å². The van der Waals surface area contributed by atoms with Crippen LogP contribution in [0.15, 0.2) is 18.2 Å². The molecule has 0 aliphatic carbocycles. The number of halogens is 1. The summed E-state index contributed by atoms with van der Waals surface area (Å²) in [7, 11) is 0. The molecule has 1 aliphatic heterocycles. The minimum absolute atomic E-state index is 0.0972. The number of hydrogen-bond acceptors (Lipinski definition) is 3. The van der Waals surface area contributed by atoms with E-state index in [-0.39, 0.29) is 43.0 Å². The van der Waals surface area contributed by atoms with Crippen molar-refractivity contribution in [3.05, 3.63) is 35.1 Å². The molecule has 1 aliphatic rings. The molecule has 1 heterocycles. The number of aliphatic hydroxyl groups excluding tert-OH is 1. The highest BCUT2D eigenvalue weighted by Gasteiger charge is 2.25. The zero-order chi connectivity index (χ0) is 16.1. The molecular formula is C16H23FN2O3. The van der Waals surface area contributed by atoms with E-state index in [0.717, 1.165) is 18.4 Å². The van der Waals surface area contributed by atoms with Crippen LogP contribution in [-0.2, 0) is 17.9 Å². The standard InChI is InChI=1S/C16H23FN2O3/c1-10-5-14(6-11(2)22-10)19-16(21)18-8-12-3-4-15(17)13(7-12)9-20/h3-4,7,10-11,14,20H,5-6,8-9H2,1-2H3,(H2,18,19,21). The molecule has 1 aromatic carbocycles. The number of benzene rings is 1. The zero-order valence-corrected chi connectivity index (χ0v) is 12.9. The minimum atomic E-state index is -0.444. The van der Waals surface area contributed by atoms with E-state index in [9.17, 15) is 9.18 Å². The van der Waals surface area contributed by atoms with Crippen LogP contribution in [0.4, 0.5) is 9.18 Å². The van der Waals surface area contributed by atoms with Gasteiger partial charge in [-0.2, -0.15) is 0 Å². The van der Waals surface area contributed by atoms with E-state index in [1.165, 1.54) is 6.07 Å². The molecule has 2 unspecified atom stereocenters. The monoisotopic (exact) mass is 310 g/mol. The molecule has 0 saturated carbocycles. The van der Waals surface area contributed by atoms with Crippen molar-refractivity contribution < 1.29 is 19.0 Å². The highest BCUT2D eigenvalue weighted by Crippen LogP contribution is 2.18. The van der Waals surface area contributed by atoms with Gasteiger partial charge in [-0.05, 0) is 44.4 Å². The number of ether oxygens (including phenoxy) is 1. The van der Waals surface area contributed by atoms with Crippen molar-refractivity contribution in [2.45, 2.75) is 58.1 Å². The van der Waals surface area contributed by atoms with Crippen LogP contribution in [0.25, 0.3) is 0 Å². The number of carbonyl (C=O) groups is 1. The second kappa shape index (κ2) is 7.56. The molecular weight excluding hydrogens is 287 g/mol. The molecule has 1 aromatic rings. The lowest BCUT2D eigenvalue weighted by atomic mass is 10.0. The van der Waals surface area contributed by atoms with Crippen molar-refractivity contribution in [2.75, 3.05) is 0 Å². The highest BCUT2D eigenvalue weighted by atomic mass is 19.1. The average molecular weight is 310 g/mol. The summed E-state index contributed by atoms with van der Waals surface area (Å²) in [6, 6.07) is 4.28. The summed E-state index contributed by atoms with van der Waals surface area (Å²) in [5.41, 5.74) is 0.973. The number of rotatable bonds is 4. The third-order valence-electron chi connectivity index (χ3n) is 3.77. The highest BCUT2D eigenvalue weighted by molar-refractivity contribution is 5.74. The van der Waals surface area contributed by atoms with Crippen molar-refractivity contribution in [3.63, 3.8) is 0 Å². The van der Waals surface area contributed by atoms with Gasteiger partial charge in [0.2, 0.25) is 0 Å². The average Bonchev–Trinajstić information content (AvgIpc) is 2.45. The van der Waals surface area contributed by atoms with E-state index < -0.39 is 5.82 Å². The van der Waals surface area contributed by atoms with Gasteiger partial charge in [0.25, 0.3) is 0 Å². The van der Waals surface area contributed by atoms with Crippen LogP contribution in [0.3, 0.4) is 0 Å². The van der Waals surface area contributed by atoms with E-state index in [2.05, 4.69) is 10.6 Å². The van der Waals surface area contributed by atoms with Crippen LogP contribution in [0.2, 0.25) is 0 Å². The topological polar surface area (TPSA) is 70.6 Å². The van der Waals surface area contributed by atoms with E-state index in [1.807, 2.05) is 13.8 Å². The van der Waals surface area contributed by atoms with Gasteiger partial charge in [-0.1, -0.05) is 6.07 Å². The van der Waals surface area contributed by atoms with Gasteiger partial charge in [0, 0.05) is 18.2 Å². The number of urea groups is 1. The van der Waals surface area contributed by atoms with Gasteiger partial charge in [0.1, 0.15) is 5.82 Å². The van der Waals surface area contributed by atoms with Crippen LogP contribution in [0.1, 0.15) is 37.8 Å². The molecule has 5 nitrogen and oxygen atoms in total. The van der Waals surface area contributed by atoms with Crippen LogP contribution in [-0.4, -0.2) is 29.4 Å². The lowest BCUT2D eigenvalue weighted by Crippen LogP contribution is -2.47. The Morgan fingerprint density at radius 3 is 2.68 bits per heavy atom. The van der Waals surface area contributed by atoms with Crippen molar-refractivity contribution in [3.8, 4) is 0 Å². The van der Waals surface area contributed by atoms with E-state index in [4.69, 9.17) is 9.84 Å². The largest absolute Gasteiger partial charge is 0.392 e. The lowest BCUT2D eigenvalue weighted by Gasteiger charge is -2.32. The SMILES string of the molecule is CC1CC(NC(=O)NCc2ccc(F)c(CO)c2)CC(C)O1. The summed E-state index contributed by atoms with van der Waals surface area (Å²) in [5.74, 6) is -0.444. The molecule has 1 fully saturated rings. The third kappa shape index (κ3) is 4.68. The first-order valence-corrected chi connectivity index (χ1v) is 7.56. The molecule has 0 radical (unpaired) electrons. The quantitative estimate of drug-likeness (QED) is 0.797. The van der Waals surface area contributed by atoms with Gasteiger partial charge in [0.15, 0.2) is 0 Å². The summed E-state index contributed by atoms with van der Waals surface area (Å²) < 4.78 is 18.9. The Hall–Kier alpha value is -1.66. The van der Waals surface area contributed by atoms with Crippen molar-refractivity contribution in [1.29, 1.82) is 0 Å². The first kappa shape index (κ1) is 16.7. The van der Waals surface area contributed by atoms with Crippen molar-refractivity contribution >= 4 is 6.03 Å². The molecule has 0 spiro atoms. The van der Waals surface area contributed by atoms with Gasteiger partial charge in [-0.3, -0.25) is 0 Å². The normalized spacial score (nSPS) is 24.8. The Bertz CT molecular complexity index is 514. The second-order valence-corrected chi connectivity index (χ2v) is 5.84. The molecule has 22 heavy (non-hydrogen) atoms. The fourth-order valence-electron chi connectivity index (χ4n) is 2.80. The summed E-state index contributed by atoms with van der Waals surface area (Å²) in [6.45, 7) is 3.92. The number of hydrogen-bond donors (Lipinski definition) is 3. The number of nitrogens with one attached hydrogen (secondary N) is 2. The summed E-state index contributed by atoms with van der Waals surface area (Å²) in [5, 5.41) is 14.7. The summed E-state index contributed by atoms with van der Waals surface area (Å²) in [6.07, 6.45) is 1.86.